The summed E-state index contributed by atoms with van der Waals surface area (Å²) in [4.78, 5) is 0. The lowest BCUT2D eigenvalue weighted by molar-refractivity contribution is -0.137. The number of hydrogen-bond donors (Lipinski definition) is 1. The smallest absolute Gasteiger partial charge is 0.335 e. The molecule has 0 atom stereocenters. The fraction of sp³-hybridized carbons (Fsp3) is 0.400. The van der Waals surface area contributed by atoms with Gasteiger partial charge in [0.2, 0.25) is 0 Å². The van der Waals surface area contributed by atoms with E-state index < -0.39 is 11.7 Å². The van der Waals surface area contributed by atoms with E-state index in [1.54, 1.807) is 11.6 Å². The van der Waals surface area contributed by atoms with Crippen LogP contribution in [0, 0.1) is 11.3 Å². The van der Waals surface area contributed by atoms with Crippen molar-refractivity contribution in [3.63, 3.8) is 0 Å². The average Bonchev–Trinajstić information content (AvgIpc) is 2.67. The molecule has 0 bridgehead atoms. The third-order valence-corrected chi connectivity index (χ3v) is 3.42. The molecule has 0 aliphatic carbocycles. The van der Waals surface area contributed by atoms with E-state index in [4.69, 9.17) is 0 Å². The molecule has 0 fully saturated rings. The summed E-state index contributed by atoms with van der Waals surface area (Å²) in [6.07, 6.45) is -4.39. The van der Waals surface area contributed by atoms with Crippen LogP contribution in [0.1, 0.15) is 30.7 Å². The SMILES string of the molecule is CC(C)NCc1c(C#N)n(C)c2ccc(C(F)(F)F)cc12. The molecule has 0 unspecified atom stereocenters. The predicted molar refractivity (Wildman–Crippen MR) is 74.6 cm³/mol. The van der Waals surface area contributed by atoms with E-state index in [1.807, 2.05) is 13.8 Å². The number of hydrogen-bond acceptors (Lipinski definition) is 2. The molecule has 21 heavy (non-hydrogen) atoms. The summed E-state index contributed by atoms with van der Waals surface area (Å²) >= 11 is 0. The number of nitrogens with zero attached hydrogens (tertiary/aromatic N) is 2. The van der Waals surface area contributed by atoms with Crippen molar-refractivity contribution in [3.8, 4) is 6.07 Å². The molecule has 0 saturated carbocycles. The quantitative estimate of drug-likeness (QED) is 0.940. The van der Waals surface area contributed by atoms with Crippen molar-refractivity contribution < 1.29 is 13.2 Å². The van der Waals surface area contributed by atoms with Crippen LogP contribution < -0.4 is 5.32 Å². The van der Waals surface area contributed by atoms with Crippen molar-refractivity contribution in [2.45, 2.75) is 32.6 Å². The number of fused-ring (bicyclic) bond motifs is 1. The van der Waals surface area contributed by atoms with Gasteiger partial charge in [0.05, 0.1) is 5.56 Å². The van der Waals surface area contributed by atoms with Crippen LogP contribution in [0.15, 0.2) is 18.2 Å². The van der Waals surface area contributed by atoms with E-state index in [-0.39, 0.29) is 6.04 Å². The minimum absolute atomic E-state index is 0.178. The largest absolute Gasteiger partial charge is 0.416 e. The summed E-state index contributed by atoms with van der Waals surface area (Å²) in [5.41, 5.74) is 0.920. The van der Waals surface area contributed by atoms with Crippen LogP contribution in [-0.2, 0) is 19.8 Å². The normalized spacial score (nSPS) is 12.1. The topological polar surface area (TPSA) is 40.8 Å². The van der Waals surface area contributed by atoms with Gasteiger partial charge in [-0.3, -0.25) is 0 Å². The van der Waals surface area contributed by atoms with Gasteiger partial charge in [0.15, 0.2) is 0 Å². The standard InChI is InChI=1S/C15H16F3N3/c1-9(2)20-8-12-11-6-10(15(16,17)18)4-5-13(11)21(3)14(12)7-19/h4-6,9,20H,8H2,1-3H3. The molecule has 112 valence electrons. The molecule has 3 nitrogen and oxygen atoms in total. The monoisotopic (exact) mass is 295 g/mol. The van der Waals surface area contributed by atoms with Crippen molar-refractivity contribution in [2.75, 3.05) is 0 Å². The third-order valence-electron chi connectivity index (χ3n) is 3.42. The van der Waals surface area contributed by atoms with Gasteiger partial charge in [-0.25, -0.2) is 0 Å². The highest BCUT2D eigenvalue weighted by molar-refractivity contribution is 5.87. The van der Waals surface area contributed by atoms with Crippen LogP contribution in [0.3, 0.4) is 0 Å². The molecule has 0 radical (unpaired) electrons. The second kappa shape index (κ2) is 5.41. The maximum absolute atomic E-state index is 12.9. The Bertz CT molecular complexity index is 705. The predicted octanol–water partition coefficient (Wildman–Crippen LogP) is 3.57. The molecule has 2 rings (SSSR count). The fourth-order valence-corrected chi connectivity index (χ4v) is 2.32. The highest BCUT2D eigenvalue weighted by atomic mass is 19.4. The summed E-state index contributed by atoms with van der Waals surface area (Å²) in [7, 11) is 1.69. The van der Waals surface area contributed by atoms with Crippen LogP contribution in [0.2, 0.25) is 0 Å². The molecule has 1 aromatic carbocycles. The summed E-state index contributed by atoms with van der Waals surface area (Å²) < 4.78 is 40.2. The van der Waals surface area contributed by atoms with Crippen LogP contribution >= 0.6 is 0 Å². The number of alkyl halides is 3. The van der Waals surface area contributed by atoms with E-state index in [9.17, 15) is 18.4 Å². The van der Waals surface area contributed by atoms with Gasteiger partial charge in [-0.15, -0.1) is 0 Å². The van der Waals surface area contributed by atoms with Gasteiger partial charge in [0.1, 0.15) is 11.8 Å². The van der Waals surface area contributed by atoms with Crippen LogP contribution in [0.4, 0.5) is 13.2 Å². The summed E-state index contributed by atoms with van der Waals surface area (Å²) in [6, 6.07) is 5.83. The Labute approximate surface area is 121 Å². The Morgan fingerprint density at radius 1 is 1.33 bits per heavy atom. The van der Waals surface area contributed by atoms with Gasteiger partial charge in [-0.2, -0.15) is 18.4 Å². The molecule has 2 aromatic rings. The number of nitrogens with one attached hydrogen (secondary N) is 1. The Balaban J connectivity index is 2.65. The summed E-state index contributed by atoms with van der Waals surface area (Å²) in [6.45, 7) is 4.25. The highest BCUT2D eigenvalue weighted by Crippen LogP contribution is 2.34. The molecule has 0 aliphatic heterocycles. The molecule has 0 saturated heterocycles. The summed E-state index contributed by atoms with van der Waals surface area (Å²) in [5.74, 6) is 0. The van der Waals surface area contributed by atoms with Crippen LogP contribution in [0.25, 0.3) is 10.9 Å². The number of benzene rings is 1. The van der Waals surface area contributed by atoms with Gasteiger partial charge in [0.25, 0.3) is 0 Å². The van der Waals surface area contributed by atoms with E-state index in [0.717, 1.165) is 12.1 Å². The van der Waals surface area contributed by atoms with Crippen LogP contribution in [0.5, 0.6) is 0 Å². The Morgan fingerprint density at radius 2 is 2.00 bits per heavy atom. The zero-order valence-corrected chi connectivity index (χ0v) is 12.0. The van der Waals surface area contributed by atoms with Crippen LogP contribution in [-0.4, -0.2) is 10.6 Å². The molecule has 1 aromatic heterocycles. The van der Waals surface area contributed by atoms with Crippen molar-refractivity contribution in [2.24, 2.45) is 7.05 Å². The number of aryl methyl sites for hydroxylation is 1. The molecule has 0 spiro atoms. The molecule has 6 heteroatoms. The maximum Gasteiger partial charge on any atom is 0.416 e. The van der Waals surface area contributed by atoms with Gasteiger partial charge in [-0.05, 0) is 18.2 Å². The van der Waals surface area contributed by atoms with Gasteiger partial charge in [-0.1, -0.05) is 13.8 Å². The van der Waals surface area contributed by atoms with Crippen molar-refractivity contribution in [3.05, 3.63) is 35.0 Å². The number of nitriles is 1. The molecular formula is C15H16F3N3. The Kier molecular flexibility index (Phi) is 3.97. The number of rotatable bonds is 3. The minimum atomic E-state index is -4.39. The van der Waals surface area contributed by atoms with E-state index in [0.29, 0.717) is 28.7 Å². The second-order valence-corrected chi connectivity index (χ2v) is 5.26. The zero-order chi connectivity index (χ0) is 15.8. The number of aromatic nitrogens is 1. The fourth-order valence-electron chi connectivity index (χ4n) is 2.32. The maximum atomic E-state index is 12.9. The Morgan fingerprint density at radius 3 is 2.52 bits per heavy atom. The Hall–Kier alpha value is -2.00. The van der Waals surface area contributed by atoms with Gasteiger partial charge < -0.3 is 9.88 Å². The number of halogens is 3. The molecule has 1 heterocycles. The van der Waals surface area contributed by atoms with Crippen molar-refractivity contribution in [1.29, 1.82) is 5.26 Å². The van der Waals surface area contributed by atoms with E-state index >= 15 is 0 Å². The lowest BCUT2D eigenvalue weighted by Gasteiger charge is -2.09. The lowest BCUT2D eigenvalue weighted by Crippen LogP contribution is -2.22. The lowest BCUT2D eigenvalue weighted by atomic mass is 10.1. The van der Waals surface area contributed by atoms with E-state index in [1.165, 1.54) is 6.07 Å². The first-order valence-corrected chi connectivity index (χ1v) is 6.57. The first-order chi connectivity index (χ1) is 9.75. The average molecular weight is 295 g/mol. The van der Waals surface area contributed by atoms with Crippen molar-refractivity contribution >= 4 is 10.9 Å². The second-order valence-electron chi connectivity index (χ2n) is 5.26. The van der Waals surface area contributed by atoms with Gasteiger partial charge in [0, 0.05) is 36.1 Å². The van der Waals surface area contributed by atoms with Gasteiger partial charge >= 0.3 is 6.18 Å². The summed E-state index contributed by atoms with van der Waals surface area (Å²) in [5, 5.41) is 12.9. The molecule has 0 amide bonds. The van der Waals surface area contributed by atoms with Crippen molar-refractivity contribution in [1.82, 2.24) is 9.88 Å². The minimum Gasteiger partial charge on any atom is -0.335 e. The molecule has 0 aliphatic rings. The zero-order valence-electron chi connectivity index (χ0n) is 12.0. The van der Waals surface area contributed by atoms with E-state index in [2.05, 4.69) is 11.4 Å². The first kappa shape index (κ1) is 15.4. The first-order valence-electron chi connectivity index (χ1n) is 6.57. The third kappa shape index (κ3) is 2.88. The highest BCUT2D eigenvalue weighted by Gasteiger charge is 2.31. The molecule has 1 N–H and O–H groups in total. The molecular weight excluding hydrogens is 279 g/mol.